The Bertz CT molecular complexity index is 5040. The topological polar surface area (TPSA) is 40.8 Å². The Balaban J connectivity index is 0.00000700. The van der Waals surface area contributed by atoms with E-state index in [1.54, 1.807) is 0 Å². The molecule has 1 aliphatic heterocycles. The van der Waals surface area contributed by atoms with E-state index in [0.29, 0.717) is 50.7 Å². The van der Waals surface area contributed by atoms with Gasteiger partial charge in [-0.05, 0) is 120 Å². The van der Waals surface area contributed by atoms with Crippen molar-refractivity contribution in [2.45, 2.75) is 78.6 Å². The Morgan fingerprint density at radius 2 is 1.06 bits per heavy atom. The third-order valence-electron chi connectivity index (χ3n) is 15.4. The molecule has 1 aliphatic rings. The van der Waals surface area contributed by atoms with Gasteiger partial charge in [0.2, 0.25) is 0 Å². The molecule has 0 saturated heterocycles. The van der Waals surface area contributed by atoms with Crippen molar-refractivity contribution in [1.29, 1.82) is 0 Å². The van der Waals surface area contributed by atoms with Gasteiger partial charge in [-0.2, -0.15) is 18.2 Å². The molecular formula is C72H59N5OPt-2. The molecule has 0 N–H and O–H groups in total. The summed E-state index contributed by atoms with van der Waals surface area (Å²) in [6, 6.07) is 50.2. The van der Waals surface area contributed by atoms with Crippen molar-refractivity contribution in [2.75, 3.05) is 0 Å². The average molecular weight is 1210 g/mol. The summed E-state index contributed by atoms with van der Waals surface area (Å²) in [5.74, 6) is 1.59. The molecule has 5 heterocycles. The van der Waals surface area contributed by atoms with Gasteiger partial charge >= 0.3 is 0 Å². The number of benzene rings is 9. The Morgan fingerprint density at radius 1 is 0.494 bits per heavy atom. The van der Waals surface area contributed by atoms with Crippen LogP contribution in [0.2, 0.25) is 0 Å². The fourth-order valence-corrected chi connectivity index (χ4v) is 11.5. The van der Waals surface area contributed by atoms with Crippen LogP contribution in [0.4, 0.5) is 0 Å². The fraction of sp³-hybridized carbons (Fsp3) is 0.167. The Kier molecular flexibility index (Phi) is 9.72. The molecule has 0 unspecified atom stereocenters. The van der Waals surface area contributed by atoms with Crippen LogP contribution in [0.25, 0.3) is 111 Å². The molecule has 0 atom stereocenters. The van der Waals surface area contributed by atoms with Crippen molar-refractivity contribution in [1.82, 2.24) is 18.7 Å². The second kappa shape index (κ2) is 18.4. The van der Waals surface area contributed by atoms with Crippen molar-refractivity contribution < 1.29 is 41.3 Å². The summed E-state index contributed by atoms with van der Waals surface area (Å²) in [4.78, 5) is 4.89. The fourth-order valence-electron chi connectivity index (χ4n) is 11.5. The normalized spacial score (nSPS) is 13.9. The monoisotopic (exact) mass is 1210 g/mol. The number of pyridine rings is 1. The van der Waals surface area contributed by atoms with Crippen molar-refractivity contribution in [2.24, 2.45) is 0 Å². The van der Waals surface area contributed by atoms with E-state index in [0.717, 1.165) is 66.1 Å². The van der Waals surface area contributed by atoms with E-state index in [9.17, 15) is 11.0 Å². The van der Waals surface area contributed by atoms with Crippen LogP contribution in [-0.4, -0.2) is 18.7 Å². The van der Waals surface area contributed by atoms with E-state index in [2.05, 4.69) is 157 Å². The smallest absolute Gasteiger partial charge is 0.268 e. The van der Waals surface area contributed by atoms with E-state index in [1.807, 2.05) is 88.1 Å². The summed E-state index contributed by atoms with van der Waals surface area (Å²) in [7, 11) is 0. The third kappa shape index (κ3) is 8.17. The molecule has 0 amide bonds. The number of fused-ring (bicyclic) bond motifs is 13. The number of hydrogen-bond acceptors (Lipinski definition) is 2. The van der Waals surface area contributed by atoms with Crippen molar-refractivity contribution in [3.63, 3.8) is 0 Å². The zero-order valence-corrected chi connectivity index (χ0v) is 47.6. The molecule has 0 radical (unpaired) electrons. The number of aromatic nitrogens is 5. The molecule has 0 fully saturated rings. The second-order valence-electron chi connectivity index (χ2n) is 23.5. The van der Waals surface area contributed by atoms with Crippen LogP contribution in [0.1, 0.15) is 90.0 Å². The predicted octanol–water partition coefficient (Wildman–Crippen LogP) is 17.9. The molecule has 0 aliphatic carbocycles. The minimum absolute atomic E-state index is 0. The van der Waals surface area contributed by atoms with E-state index in [4.69, 9.17) is 9.72 Å². The molecule has 9 aromatic carbocycles. The summed E-state index contributed by atoms with van der Waals surface area (Å²) in [5, 5.41) is 4.06. The molecule has 13 aromatic rings. The zero-order valence-electron chi connectivity index (χ0n) is 53.3. The van der Waals surface area contributed by atoms with Gasteiger partial charge in [-0.25, -0.2) is 4.98 Å². The zero-order chi connectivity index (χ0) is 60.4. The molecule has 390 valence electrons. The maximum absolute atomic E-state index is 10.1. The number of ether oxygens (including phenoxy) is 1. The minimum Gasteiger partial charge on any atom is -0.510 e. The first-order chi connectivity index (χ1) is 40.9. The number of para-hydroxylation sites is 3. The van der Waals surface area contributed by atoms with Gasteiger partial charge in [0.1, 0.15) is 5.82 Å². The first kappa shape index (κ1) is 41.7. The van der Waals surface area contributed by atoms with Gasteiger partial charge in [0.05, 0.1) is 38.7 Å². The maximum atomic E-state index is 10.1. The largest absolute Gasteiger partial charge is 0.510 e. The van der Waals surface area contributed by atoms with Crippen molar-refractivity contribution >= 4 is 54.6 Å². The second-order valence-corrected chi connectivity index (χ2v) is 23.5. The molecule has 0 spiro atoms. The van der Waals surface area contributed by atoms with Crippen molar-refractivity contribution in [3.8, 4) is 67.8 Å². The number of hydrogen-bond donors (Lipinski definition) is 0. The van der Waals surface area contributed by atoms with Crippen LogP contribution in [0.3, 0.4) is 0 Å². The van der Waals surface area contributed by atoms with Crippen LogP contribution in [0.5, 0.6) is 11.5 Å². The molecular weight excluding hydrogens is 1150 g/mol. The van der Waals surface area contributed by atoms with Gasteiger partial charge < -0.3 is 18.4 Å². The summed E-state index contributed by atoms with van der Waals surface area (Å²) < 4.78 is 92.1. The van der Waals surface area contributed by atoms with Gasteiger partial charge in [-0.3, -0.25) is 4.57 Å². The van der Waals surface area contributed by atoms with E-state index < -0.39 is 47.1 Å². The summed E-state index contributed by atoms with van der Waals surface area (Å²) >= 11 is 0. The van der Waals surface area contributed by atoms with Crippen LogP contribution < -0.4 is 9.30 Å². The van der Waals surface area contributed by atoms with Crippen LogP contribution >= 0.6 is 0 Å². The molecule has 7 heteroatoms. The first-order valence-corrected chi connectivity index (χ1v) is 26.5. The Morgan fingerprint density at radius 3 is 1.68 bits per heavy atom. The van der Waals surface area contributed by atoms with Crippen molar-refractivity contribution in [3.05, 3.63) is 229 Å². The molecule has 4 aromatic heterocycles. The standard InChI is InChI=1S/C72H59N5O.Pt/c1-70(2,3)45-35-36-73-67(39-45)77-64-32-19-16-29-57(64)58-34-33-50(43-65(58)77)78-49-22-20-21-47(40-49)74-44-75-68-59(37-46(71(4,5)6)38-61(68)72(7,8)9)53-25-12-10-23-51(53)52-24-11-13-26-54(52)60-41-48(42-66(74)69(60)75)76-62-30-17-14-27-55(62)56-28-15-18-31-63(56)76;/h10-39,41-42H,1-9H3;/q-2;/i10D,11D,12D,13D,23D,24D,25D,26D;. The number of imidazole rings is 1. The molecule has 79 heavy (non-hydrogen) atoms. The summed E-state index contributed by atoms with van der Waals surface area (Å²) in [6.45, 7) is 19.2. The van der Waals surface area contributed by atoms with E-state index in [1.165, 1.54) is 0 Å². The Labute approximate surface area is 487 Å². The van der Waals surface area contributed by atoms with Gasteiger partial charge in [0.25, 0.3) is 6.33 Å². The van der Waals surface area contributed by atoms with Crippen LogP contribution in [0, 0.1) is 18.5 Å². The van der Waals surface area contributed by atoms with E-state index >= 15 is 0 Å². The predicted molar refractivity (Wildman–Crippen MR) is 320 cm³/mol. The van der Waals surface area contributed by atoms with Gasteiger partial charge in [0.15, 0.2) is 0 Å². The van der Waals surface area contributed by atoms with Crippen LogP contribution in [0.15, 0.2) is 194 Å². The Hall–Kier alpha value is -8.31. The molecule has 0 bridgehead atoms. The quantitative estimate of drug-likeness (QED) is 0.127. The maximum Gasteiger partial charge on any atom is 0.268 e. The number of nitrogens with zero attached hydrogens (tertiary/aromatic N) is 5. The SMILES string of the molecule is [2H]c1c([2H])c([2H])c2c(c1[2H])-c1cc(C(C)(C)C)cc(C(C)(C)C)c1-[n+]1[c-]n(-c3[c-]c(Oc4[c-]c5c(cc4)c4ccccc4n5-c4cc(C(C)(C)C)ccn4)ccc3)c3cc(-n4c5ccccc5c5ccccc54)cc(c31)-c1c([2H])c([2H])c([2H])c([2H])c1-2.[Pt]. The van der Waals surface area contributed by atoms with Gasteiger partial charge in [0, 0.05) is 60.7 Å². The molecule has 14 rings (SSSR count). The van der Waals surface area contributed by atoms with Gasteiger partial charge in [-0.1, -0.05) is 183 Å². The van der Waals surface area contributed by atoms with Crippen LogP contribution in [-0.2, 0) is 37.3 Å². The first-order valence-electron chi connectivity index (χ1n) is 30.5. The third-order valence-corrected chi connectivity index (χ3v) is 15.4. The van der Waals surface area contributed by atoms with Gasteiger partial charge in [-0.15, -0.1) is 29.7 Å². The average Bonchev–Trinajstić information content (AvgIpc) is 1.63. The summed E-state index contributed by atoms with van der Waals surface area (Å²) in [5.41, 5.74) is 9.04. The molecule has 6 nitrogen and oxygen atoms in total. The summed E-state index contributed by atoms with van der Waals surface area (Å²) in [6.07, 6.45) is 5.66. The minimum atomic E-state index is -0.617. The van der Waals surface area contributed by atoms with E-state index in [-0.39, 0.29) is 60.8 Å². The molecule has 0 saturated carbocycles. The number of rotatable bonds is 5.